The van der Waals surface area contributed by atoms with Crippen molar-refractivity contribution in [3.63, 3.8) is 0 Å². The Morgan fingerprint density at radius 1 is 0.962 bits per heavy atom. The van der Waals surface area contributed by atoms with Crippen LogP contribution in [0.25, 0.3) is 0 Å². The Labute approximate surface area is 154 Å². The number of nitrogens with zero attached hydrogens (tertiary/aromatic N) is 2. The third-order valence-electron chi connectivity index (χ3n) is 4.23. The molecule has 3 aromatic rings. The number of hydrogen-bond acceptors (Lipinski definition) is 5. The molecule has 26 heavy (non-hydrogen) atoms. The summed E-state index contributed by atoms with van der Waals surface area (Å²) in [6, 6.07) is 18.3. The highest BCUT2D eigenvalue weighted by molar-refractivity contribution is 5.41. The second-order valence-electron chi connectivity index (χ2n) is 6.07. The van der Waals surface area contributed by atoms with Crippen LogP contribution in [-0.4, -0.2) is 23.6 Å². The van der Waals surface area contributed by atoms with Gasteiger partial charge in [-0.1, -0.05) is 36.4 Å². The molecule has 5 heteroatoms. The van der Waals surface area contributed by atoms with E-state index in [9.17, 15) is 0 Å². The third-order valence-corrected chi connectivity index (χ3v) is 4.23. The van der Waals surface area contributed by atoms with Crippen molar-refractivity contribution in [2.24, 2.45) is 0 Å². The topological polar surface area (TPSA) is 59.1 Å². The predicted molar refractivity (Wildman–Crippen MR) is 106 cm³/mol. The van der Waals surface area contributed by atoms with Crippen LogP contribution in [0.3, 0.4) is 0 Å². The van der Waals surface area contributed by atoms with Crippen LogP contribution in [0.15, 0.2) is 60.8 Å². The van der Waals surface area contributed by atoms with Crippen molar-refractivity contribution in [1.82, 2.24) is 9.97 Å². The number of hydrogen-bond donors (Lipinski definition) is 2. The highest BCUT2D eigenvalue weighted by Gasteiger charge is 2.01. The Balaban J connectivity index is 1.51. The van der Waals surface area contributed by atoms with Gasteiger partial charge in [0.05, 0.1) is 7.11 Å². The molecule has 0 radical (unpaired) electrons. The number of methoxy groups -OCH3 is 1. The normalized spacial score (nSPS) is 10.4. The van der Waals surface area contributed by atoms with E-state index in [2.05, 4.69) is 57.9 Å². The van der Waals surface area contributed by atoms with Crippen LogP contribution >= 0.6 is 0 Å². The van der Waals surface area contributed by atoms with E-state index in [1.807, 2.05) is 24.3 Å². The van der Waals surface area contributed by atoms with E-state index in [1.54, 1.807) is 13.3 Å². The van der Waals surface area contributed by atoms with Crippen molar-refractivity contribution in [2.45, 2.75) is 19.9 Å². The van der Waals surface area contributed by atoms with Crippen molar-refractivity contribution in [3.8, 4) is 5.75 Å². The van der Waals surface area contributed by atoms with E-state index in [1.165, 1.54) is 16.7 Å². The fourth-order valence-electron chi connectivity index (χ4n) is 2.65. The minimum Gasteiger partial charge on any atom is -0.497 e. The number of aromatic nitrogens is 2. The van der Waals surface area contributed by atoms with Crippen LogP contribution in [0.2, 0.25) is 0 Å². The molecule has 0 spiro atoms. The summed E-state index contributed by atoms with van der Waals surface area (Å²) >= 11 is 0. The van der Waals surface area contributed by atoms with Gasteiger partial charge in [0.15, 0.2) is 0 Å². The third kappa shape index (κ3) is 4.96. The summed E-state index contributed by atoms with van der Waals surface area (Å²) < 4.78 is 5.18. The highest BCUT2D eigenvalue weighted by Crippen LogP contribution is 2.13. The lowest BCUT2D eigenvalue weighted by molar-refractivity contribution is 0.414. The molecule has 0 fully saturated rings. The van der Waals surface area contributed by atoms with Crippen molar-refractivity contribution < 1.29 is 4.74 Å². The van der Waals surface area contributed by atoms with Gasteiger partial charge in [-0.15, -0.1) is 0 Å². The number of nitrogens with one attached hydrogen (secondary N) is 2. The zero-order valence-corrected chi connectivity index (χ0v) is 15.2. The average Bonchev–Trinajstić information content (AvgIpc) is 2.68. The molecule has 5 nitrogen and oxygen atoms in total. The molecule has 1 heterocycles. The molecule has 0 amide bonds. The van der Waals surface area contributed by atoms with Gasteiger partial charge >= 0.3 is 0 Å². The SMILES string of the molecule is COc1ccc(CCNc2nccc(NCc3ccccc3C)n2)cc1. The zero-order valence-electron chi connectivity index (χ0n) is 15.2. The quantitative estimate of drug-likeness (QED) is 0.643. The van der Waals surface area contributed by atoms with Gasteiger partial charge in [0, 0.05) is 19.3 Å². The van der Waals surface area contributed by atoms with Crippen molar-refractivity contribution in [2.75, 3.05) is 24.3 Å². The van der Waals surface area contributed by atoms with E-state index in [0.29, 0.717) is 5.95 Å². The molecule has 134 valence electrons. The second-order valence-corrected chi connectivity index (χ2v) is 6.07. The highest BCUT2D eigenvalue weighted by atomic mass is 16.5. The van der Waals surface area contributed by atoms with Crippen LogP contribution in [0.4, 0.5) is 11.8 Å². The monoisotopic (exact) mass is 348 g/mol. The Morgan fingerprint density at radius 2 is 1.77 bits per heavy atom. The Kier molecular flexibility index (Phi) is 6.04. The molecule has 2 N–H and O–H groups in total. The summed E-state index contributed by atoms with van der Waals surface area (Å²) in [5.74, 6) is 2.32. The smallest absolute Gasteiger partial charge is 0.224 e. The maximum Gasteiger partial charge on any atom is 0.224 e. The lowest BCUT2D eigenvalue weighted by atomic mass is 10.1. The minimum atomic E-state index is 0.633. The van der Waals surface area contributed by atoms with Crippen molar-refractivity contribution in [1.29, 1.82) is 0 Å². The van der Waals surface area contributed by atoms with Crippen LogP contribution in [-0.2, 0) is 13.0 Å². The molecule has 3 rings (SSSR count). The number of benzene rings is 2. The van der Waals surface area contributed by atoms with Crippen LogP contribution in [0.1, 0.15) is 16.7 Å². The van der Waals surface area contributed by atoms with Gasteiger partial charge in [-0.25, -0.2) is 4.98 Å². The lowest BCUT2D eigenvalue weighted by Crippen LogP contribution is -2.09. The van der Waals surface area contributed by atoms with E-state index in [-0.39, 0.29) is 0 Å². The van der Waals surface area contributed by atoms with Gasteiger partial charge in [0.25, 0.3) is 0 Å². The summed E-state index contributed by atoms with van der Waals surface area (Å²) in [4.78, 5) is 8.81. The second kappa shape index (κ2) is 8.85. The van der Waals surface area contributed by atoms with E-state index >= 15 is 0 Å². The Bertz CT molecular complexity index is 833. The maximum atomic E-state index is 5.18. The minimum absolute atomic E-state index is 0.633. The largest absolute Gasteiger partial charge is 0.497 e. The van der Waals surface area contributed by atoms with Crippen LogP contribution in [0.5, 0.6) is 5.75 Å². The molecule has 0 aliphatic carbocycles. The Hall–Kier alpha value is -3.08. The molecule has 0 saturated carbocycles. The first kappa shape index (κ1) is 17.7. The maximum absolute atomic E-state index is 5.18. The molecule has 1 aromatic heterocycles. The summed E-state index contributed by atoms with van der Waals surface area (Å²) in [7, 11) is 1.67. The molecular formula is C21H24N4O. The lowest BCUT2D eigenvalue weighted by Gasteiger charge is -2.10. The molecule has 0 saturated heterocycles. The molecule has 2 aromatic carbocycles. The standard InChI is InChI=1S/C21H24N4O/c1-16-5-3-4-6-18(16)15-24-20-12-14-23-21(25-20)22-13-11-17-7-9-19(26-2)10-8-17/h3-10,12,14H,11,13,15H2,1-2H3,(H2,22,23,24,25). The van der Waals surface area contributed by atoms with E-state index in [0.717, 1.165) is 31.1 Å². The summed E-state index contributed by atoms with van der Waals surface area (Å²) in [6.07, 6.45) is 2.66. The van der Waals surface area contributed by atoms with Gasteiger partial charge in [0.2, 0.25) is 5.95 Å². The van der Waals surface area contributed by atoms with E-state index < -0.39 is 0 Å². The number of aryl methyl sites for hydroxylation is 1. The molecule has 0 aliphatic rings. The fourth-order valence-corrected chi connectivity index (χ4v) is 2.65. The predicted octanol–water partition coefficient (Wildman–Crippen LogP) is 4.06. The molecule has 0 aliphatic heterocycles. The molecule has 0 unspecified atom stereocenters. The first-order valence-corrected chi connectivity index (χ1v) is 8.73. The van der Waals surface area contributed by atoms with Crippen LogP contribution in [0, 0.1) is 6.92 Å². The number of ether oxygens (including phenoxy) is 1. The summed E-state index contributed by atoms with van der Waals surface area (Å²) in [6.45, 7) is 3.63. The number of anilines is 2. The first-order valence-electron chi connectivity index (χ1n) is 8.73. The molecule has 0 bridgehead atoms. The summed E-state index contributed by atoms with van der Waals surface area (Å²) in [5, 5.41) is 6.64. The molecular weight excluding hydrogens is 324 g/mol. The van der Waals surface area contributed by atoms with Crippen molar-refractivity contribution in [3.05, 3.63) is 77.5 Å². The van der Waals surface area contributed by atoms with Gasteiger partial charge in [-0.2, -0.15) is 4.98 Å². The van der Waals surface area contributed by atoms with Crippen LogP contribution < -0.4 is 15.4 Å². The average molecular weight is 348 g/mol. The molecule has 0 atom stereocenters. The zero-order chi connectivity index (χ0) is 18.2. The fraction of sp³-hybridized carbons (Fsp3) is 0.238. The van der Waals surface area contributed by atoms with E-state index in [4.69, 9.17) is 4.74 Å². The number of rotatable bonds is 8. The summed E-state index contributed by atoms with van der Waals surface area (Å²) in [5.41, 5.74) is 3.78. The first-order chi connectivity index (χ1) is 12.7. The van der Waals surface area contributed by atoms with Gasteiger partial charge in [-0.05, 0) is 48.2 Å². The van der Waals surface area contributed by atoms with Gasteiger partial charge in [-0.3, -0.25) is 0 Å². The van der Waals surface area contributed by atoms with Gasteiger partial charge in [0.1, 0.15) is 11.6 Å². The van der Waals surface area contributed by atoms with Gasteiger partial charge < -0.3 is 15.4 Å². The van der Waals surface area contributed by atoms with Crippen molar-refractivity contribution >= 4 is 11.8 Å². The Morgan fingerprint density at radius 3 is 2.54 bits per heavy atom.